The highest BCUT2D eigenvalue weighted by atomic mass is 19.1. The number of nitrogens with zero attached hydrogens (tertiary/aromatic N) is 6. The molecule has 1 aliphatic heterocycles. The number of halogens is 1. The van der Waals surface area contributed by atoms with Crippen LogP contribution in [0.5, 0.6) is 0 Å². The van der Waals surface area contributed by atoms with Crippen LogP contribution >= 0.6 is 0 Å². The molecule has 3 aromatic carbocycles. The first-order valence-corrected chi connectivity index (χ1v) is 12.6. The molecule has 1 N–H and O–H groups in total. The second-order valence-corrected chi connectivity index (χ2v) is 9.71. The topological polar surface area (TPSA) is 103 Å². The van der Waals surface area contributed by atoms with Gasteiger partial charge >= 0.3 is 5.69 Å². The van der Waals surface area contributed by atoms with Gasteiger partial charge < -0.3 is 10.2 Å². The van der Waals surface area contributed by atoms with Gasteiger partial charge in [-0.05, 0) is 60.0 Å². The molecular formula is C30H24FN7O. The van der Waals surface area contributed by atoms with Gasteiger partial charge in [0.1, 0.15) is 18.0 Å². The lowest BCUT2D eigenvalue weighted by molar-refractivity contribution is 0.589. The molecule has 1 fully saturated rings. The Kier molecular flexibility index (Phi) is 5.86. The molecule has 0 bridgehead atoms. The number of pyridine rings is 1. The highest BCUT2D eigenvalue weighted by Gasteiger charge is 2.21. The normalized spacial score (nSPS) is 13.5. The van der Waals surface area contributed by atoms with E-state index >= 15 is 0 Å². The van der Waals surface area contributed by atoms with Crippen molar-refractivity contribution in [3.8, 4) is 29.0 Å². The molecule has 0 saturated carbocycles. The van der Waals surface area contributed by atoms with Crippen molar-refractivity contribution in [2.75, 3.05) is 31.1 Å². The second kappa shape index (κ2) is 9.39. The number of anilines is 1. The number of piperazine rings is 1. The van der Waals surface area contributed by atoms with Gasteiger partial charge in [0.25, 0.3) is 0 Å². The van der Waals surface area contributed by atoms with Crippen LogP contribution in [0.1, 0.15) is 16.7 Å². The molecule has 3 heterocycles. The van der Waals surface area contributed by atoms with Crippen LogP contribution < -0.4 is 15.9 Å². The molecule has 39 heavy (non-hydrogen) atoms. The number of nitriles is 2. The Morgan fingerprint density at radius 2 is 1.67 bits per heavy atom. The molecule has 1 saturated heterocycles. The fourth-order valence-electron chi connectivity index (χ4n) is 5.37. The summed E-state index contributed by atoms with van der Waals surface area (Å²) in [6.07, 6.45) is 1.68. The van der Waals surface area contributed by atoms with Crippen molar-refractivity contribution in [1.82, 2.24) is 19.4 Å². The Morgan fingerprint density at radius 3 is 2.41 bits per heavy atom. The standard InChI is InChI=1S/C30H24FN7O/c1-18-11-27(37-9-7-34-8-10-37)22(16-33)14-26(18)38-29-23-13-20(19-3-5-24(31)21(12-19)15-32)4-6-25(23)35-17-28(29)36(2)30(38)39/h3-6,11-14,17,34H,7-10H2,1-2H3. The first kappa shape index (κ1) is 24.4. The Bertz CT molecular complexity index is 1930. The SMILES string of the molecule is Cc1cc(N2CCNCC2)c(C#N)cc1-n1c(=O)n(C)c2cnc3ccc(-c4ccc(F)c(C#N)c4)cc3c21. The molecule has 0 radical (unpaired) electrons. The van der Waals surface area contributed by atoms with Crippen LogP contribution in [0, 0.1) is 35.4 Å². The number of hydrogen-bond acceptors (Lipinski definition) is 6. The number of aryl methyl sites for hydroxylation is 2. The van der Waals surface area contributed by atoms with E-state index in [9.17, 15) is 19.7 Å². The monoisotopic (exact) mass is 517 g/mol. The van der Waals surface area contributed by atoms with E-state index in [1.807, 2.05) is 37.3 Å². The molecule has 1 aliphatic rings. The summed E-state index contributed by atoms with van der Waals surface area (Å²) in [6.45, 7) is 5.25. The van der Waals surface area contributed by atoms with E-state index in [4.69, 9.17) is 0 Å². The van der Waals surface area contributed by atoms with Crippen LogP contribution in [-0.4, -0.2) is 40.3 Å². The first-order chi connectivity index (χ1) is 18.9. The van der Waals surface area contributed by atoms with Gasteiger partial charge in [-0.2, -0.15) is 10.5 Å². The first-order valence-electron chi connectivity index (χ1n) is 12.6. The van der Waals surface area contributed by atoms with Crippen LogP contribution in [0.25, 0.3) is 38.8 Å². The third kappa shape index (κ3) is 3.92. The van der Waals surface area contributed by atoms with Gasteiger partial charge in [0.05, 0.1) is 45.2 Å². The minimum Gasteiger partial charge on any atom is -0.368 e. The van der Waals surface area contributed by atoms with Crippen LogP contribution in [0.2, 0.25) is 0 Å². The number of nitrogens with one attached hydrogen (secondary N) is 1. The zero-order valence-electron chi connectivity index (χ0n) is 21.5. The molecule has 0 spiro atoms. The van der Waals surface area contributed by atoms with Crippen molar-refractivity contribution in [3.05, 3.63) is 87.7 Å². The largest absolute Gasteiger partial charge is 0.368 e. The van der Waals surface area contributed by atoms with Crippen LogP contribution in [0.3, 0.4) is 0 Å². The molecule has 8 nitrogen and oxygen atoms in total. The maximum Gasteiger partial charge on any atom is 0.333 e. The number of fused-ring (bicyclic) bond motifs is 3. The Morgan fingerprint density at radius 1 is 0.949 bits per heavy atom. The third-order valence-electron chi connectivity index (χ3n) is 7.44. The quantitative estimate of drug-likeness (QED) is 0.386. The number of rotatable bonds is 3. The van der Waals surface area contributed by atoms with Crippen molar-refractivity contribution in [3.63, 3.8) is 0 Å². The smallest absolute Gasteiger partial charge is 0.333 e. The maximum atomic E-state index is 14.0. The lowest BCUT2D eigenvalue weighted by Gasteiger charge is -2.30. The van der Waals surface area contributed by atoms with Crippen molar-refractivity contribution in [1.29, 1.82) is 10.5 Å². The summed E-state index contributed by atoms with van der Waals surface area (Å²) < 4.78 is 17.2. The van der Waals surface area contributed by atoms with E-state index < -0.39 is 5.82 Å². The Hall–Kier alpha value is -4.99. The van der Waals surface area contributed by atoms with Gasteiger partial charge in [0.2, 0.25) is 0 Å². The summed E-state index contributed by atoms with van der Waals surface area (Å²) in [4.78, 5) is 20.4. The van der Waals surface area contributed by atoms with E-state index in [0.717, 1.165) is 48.4 Å². The van der Waals surface area contributed by atoms with Crippen molar-refractivity contribution >= 4 is 27.6 Å². The third-order valence-corrected chi connectivity index (χ3v) is 7.44. The fourth-order valence-corrected chi connectivity index (χ4v) is 5.37. The highest BCUT2D eigenvalue weighted by molar-refractivity contribution is 6.04. The van der Waals surface area contributed by atoms with E-state index in [2.05, 4.69) is 21.3 Å². The molecule has 5 aromatic rings. The molecule has 0 aliphatic carbocycles. The summed E-state index contributed by atoms with van der Waals surface area (Å²) >= 11 is 0. The zero-order valence-corrected chi connectivity index (χ0v) is 21.5. The highest BCUT2D eigenvalue weighted by Crippen LogP contribution is 2.33. The average Bonchev–Trinajstić information content (AvgIpc) is 3.23. The summed E-state index contributed by atoms with van der Waals surface area (Å²) in [5.41, 5.74) is 6.03. The average molecular weight is 518 g/mol. The van der Waals surface area contributed by atoms with E-state index in [1.54, 1.807) is 34.5 Å². The van der Waals surface area contributed by atoms with Crippen LogP contribution in [0.15, 0.2) is 59.5 Å². The van der Waals surface area contributed by atoms with Gasteiger partial charge in [0.15, 0.2) is 0 Å². The van der Waals surface area contributed by atoms with E-state index in [1.165, 1.54) is 12.1 Å². The molecule has 0 amide bonds. The number of hydrogen-bond donors (Lipinski definition) is 1. The second-order valence-electron chi connectivity index (χ2n) is 9.71. The van der Waals surface area contributed by atoms with Crippen molar-refractivity contribution in [2.45, 2.75) is 6.92 Å². The number of benzene rings is 3. The van der Waals surface area contributed by atoms with Crippen molar-refractivity contribution < 1.29 is 4.39 Å². The van der Waals surface area contributed by atoms with Crippen LogP contribution in [0.4, 0.5) is 10.1 Å². The predicted octanol–water partition coefficient (Wildman–Crippen LogP) is 4.14. The summed E-state index contributed by atoms with van der Waals surface area (Å²) in [5, 5.41) is 23.4. The Labute approximate surface area is 223 Å². The fraction of sp³-hybridized carbons (Fsp3) is 0.200. The van der Waals surface area contributed by atoms with Gasteiger partial charge in [-0.15, -0.1) is 0 Å². The van der Waals surface area contributed by atoms with E-state index in [-0.39, 0.29) is 11.3 Å². The molecule has 192 valence electrons. The molecule has 2 aromatic heterocycles. The molecule has 0 atom stereocenters. The van der Waals surface area contributed by atoms with Gasteiger partial charge in [-0.3, -0.25) is 14.1 Å². The molecule has 9 heteroatoms. The van der Waals surface area contributed by atoms with Gasteiger partial charge in [-0.1, -0.05) is 12.1 Å². The predicted molar refractivity (Wildman–Crippen MR) is 148 cm³/mol. The Balaban J connectivity index is 1.61. The summed E-state index contributed by atoms with van der Waals surface area (Å²) in [7, 11) is 1.70. The summed E-state index contributed by atoms with van der Waals surface area (Å²) in [6, 6.07) is 18.0. The van der Waals surface area contributed by atoms with Crippen LogP contribution in [-0.2, 0) is 7.05 Å². The zero-order chi connectivity index (χ0) is 27.3. The van der Waals surface area contributed by atoms with Gasteiger partial charge in [-0.25, -0.2) is 9.18 Å². The van der Waals surface area contributed by atoms with E-state index in [0.29, 0.717) is 33.4 Å². The van der Waals surface area contributed by atoms with Crippen molar-refractivity contribution in [2.24, 2.45) is 7.05 Å². The maximum absolute atomic E-state index is 14.0. The lowest BCUT2D eigenvalue weighted by atomic mass is 10.0. The minimum atomic E-state index is -0.573. The summed E-state index contributed by atoms with van der Waals surface area (Å²) in [5.74, 6) is -0.573. The minimum absolute atomic E-state index is 0.0372. The molecular weight excluding hydrogens is 493 g/mol. The number of aromatic nitrogens is 3. The molecule has 0 unspecified atom stereocenters. The number of imidazole rings is 1. The van der Waals surface area contributed by atoms with Gasteiger partial charge in [0, 0.05) is 38.6 Å². The molecule has 6 rings (SSSR count). The lowest BCUT2D eigenvalue weighted by Crippen LogP contribution is -2.43.